The van der Waals surface area contributed by atoms with Crippen LogP contribution in [-0.4, -0.2) is 19.0 Å². The van der Waals surface area contributed by atoms with Gasteiger partial charge in [-0.05, 0) is 18.2 Å². The summed E-state index contributed by atoms with van der Waals surface area (Å²) in [5.41, 5.74) is 2.62. The first kappa shape index (κ1) is 13.0. The molecule has 92 valence electrons. The number of nitrogens with two attached hydrogens (primary N) is 1. The molecule has 1 rings (SSSR count). The number of amides is 1. The first-order valence-electron chi connectivity index (χ1n) is 4.36. The largest absolute Gasteiger partial charge is 0.465 e. The Hall–Kier alpha value is -2.05. The highest BCUT2D eigenvalue weighted by molar-refractivity contribution is 5.96. The zero-order chi connectivity index (χ0) is 13.2. The van der Waals surface area contributed by atoms with Crippen molar-refractivity contribution < 1.29 is 27.5 Å². The van der Waals surface area contributed by atoms with Gasteiger partial charge < -0.3 is 10.5 Å². The zero-order valence-electron chi connectivity index (χ0n) is 8.67. The Morgan fingerprint density at radius 2 is 1.88 bits per heavy atom. The predicted molar refractivity (Wildman–Crippen MR) is 51.3 cm³/mol. The van der Waals surface area contributed by atoms with Crippen LogP contribution in [0.1, 0.15) is 26.3 Å². The summed E-state index contributed by atoms with van der Waals surface area (Å²) in [7, 11) is 0.963. The van der Waals surface area contributed by atoms with Crippen LogP contribution in [0.3, 0.4) is 0 Å². The molecule has 17 heavy (non-hydrogen) atoms. The Kier molecular flexibility index (Phi) is 3.40. The van der Waals surface area contributed by atoms with E-state index in [1.807, 2.05) is 0 Å². The molecule has 7 heteroatoms. The number of ether oxygens (including phenoxy) is 1. The van der Waals surface area contributed by atoms with Crippen molar-refractivity contribution >= 4 is 11.9 Å². The summed E-state index contributed by atoms with van der Waals surface area (Å²) in [6, 6.07) is 2.41. The maximum absolute atomic E-state index is 12.6. The van der Waals surface area contributed by atoms with Crippen molar-refractivity contribution in [1.82, 2.24) is 0 Å². The second-order valence-corrected chi connectivity index (χ2v) is 3.11. The van der Waals surface area contributed by atoms with Crippen LogP contribution in [0.5, 0.6) is 0 Å². The average Bonchev–Trinajstić information content (AvgIpc) is 2.26. The molecule has 0 bridgehead atoms. The van der Waals surface area contributed by atoms with Crippen molar-refractivity contribution in [2.24, 2.45) is 5.73 Å². The van der Waals surface area contributed by atoms with E-state index in [1.54, 1.807) is 0 Å². The number of halogens is 3. The van der Waals surface area contributed by atoms with E-state index < -0.39 is 29.2 Å². The number of methoxy groups -OCH3 is 1. The van der Waals surface area contributed by atoms with E-state index in [2.05, 4.69) is 4.74 Å². The van der Waals surface area contributed by atoms with Crippen molar-refractivity contribution in [3.05, 3.63) is 34.9 Å². The summed E-state index contributed by atoms with van der Waals surface area (Å²) < 4.78 is 42.1. The lowest BCUT2D eigenvalue weighted by atomic mass is 10.0. The second kappa shape index (κ2) is 4.44. The molecule has 0 unspecified atom stereocenters. The number of carbonyl (C=O) groups is 2. The minimum atomic E-state index is -4.77. The van der Waals surface area contributed by atoms with Crippen LogP contribution < -0.4 is 5.73 Å². The summed E-state index contributed by atoms with van der Waals surface area (Å²) in [5.74, 6) is -2.14. The van der Waals surface area contributed by atoms with Gasteiger partial charge in [0, 0.05) is 5.56 Å². The molecule has 0 fully saturated rings. The van der Waals surface area contributed by atoms with Crippen molar-refractivity contribution in [3.8, 4) is 0 Å². The Morgan fingerprint density at radius 3 is 2.29 bits per heavy atom. The number of alkyl halides is 3. The van der Waals surface area contributed by atoms with Crippen LogP contribution in [0.25, 0.3) is 0 Å². The highest BCUT2D eigenvalue weighted by atomic mass is 19.4. The summed E-state index contributed by atoms with van der Waals surface area (Å²) in [6.45, 7) is 0. The topological polar surface area (TPSA) is 69.4 Å². The van der Waals surface area contributed by atoms with Crippen LogP contribution in [-0.2, 0) is 10.9 Å². The molecular formula is C10H8F3NO3. The van der Waals surface area contributed by atoms with Crippen molar-refractivity contribution in [1.29, 1.82) is 0 Å². The van der Waals surface area contributed by atoms with Gasteiger partial charge in [-0.2, -0.15) is 13.2 Å². The fourth-order valence-electron chi connectivity index (χ4n) is 1.22. The van der Waals surface area contributed by atoms with Crippen molar-refractivity contribution in [3.63, 3.8) is 0 Å². The van der Waals surface area contributed by atoms with Crippen LogP contribution in [0.4, 0.5) is 13.2 Å². The van der Waals surface area contributed by atoms with E-state index in [0.717, 1.165) is 19.2 Å². The lowest BCUT2D eigenvalue weighted by Gasteiger charge is -2.12. The Balaban J connectivity index is 3.42. The zero-order valence-corrected chi connectivity index (χ0v) is 8.67. The minimum absolute atomic E-state index is 0.329. The number of hydrogen-bond donors (Lipinski definition) is 1. The molecule has 0 aliphatic carbocycles. The lowest BCUT2D eigenvalue weighted by Crippen LogP contribution is -2.18. The monoisotopic (exact) mass is 247 g/mol. The number of hydrogen-bond acceptors (Lipinski definition) is 3. The standard InChI is InChI=1S/C10H8F3NO3/c1-17-9(16)6-3-2-5(8(14)15)4-7(6)10(11,12)13/h2-4H,1H3,(H2,14,15). The first-order chi connectivity index (χ1) is 7.77. The number of primary amides is 1. The molecule has 1 amide bonds. The number of rotatable bonds is 2. The van der Waals surface area contributed by atoms with Crippen LogP contribution in [0.15, 0.2) is 18.2 Å². The Bertz CT molecular complexity index is 468. The van der Waals surface area contributed by atoms with Gasteiger partial charge in [-0.3, -0.25) is 4.79 Å². The third kappa shape index (κ3) is 2.74. The quantitative estimate of drug-likeness (QED) is 0.807. The fourth-order valence-corrected chi connectivity index (χ4v) is 1.22. The summed E-state index contributed by atoms with van der Waals surface area (Å²) in [5, 5.41) is 0. The summed E-state index contributed by atoms with van der Waals surface area (Å²) in [6.07, 6.45) is -4.77. The number of carbonyl (C=O) groups excluding carboxylic acids is 2. The maximum atomic E-state index is 12.6. The third-order valence-corrected chi connectivity index (χ3v) is 2.01. The van der Waals surface area contributed by atoms with Crippen LogP contribution >= 0.6 is 0 Å². The molecule has 1 aromatic rings. The molecule has 0 atom stereocenters. The lowest BCUT2D eigenvalue weighted by molar-refractivity contribution is -0.138. The molecule has 0 radical (unpaired) electrons. The molecule has 1 aromatic carbocycles. The molecule has 0 saturated heterocycles. The minimum Gasteiger partial charge on any atom is -0.465 e. The van der Waals surface area contributed by atoms with E-state index in [9.17, 15) is 22.8 Å². The van der Waals surface area contributed by atoms with Crippen LogP contribution in [0, 0.1) is 0 Å². The van der Waals surface area contributed by atoms with Gasteiger partial charge >= 0.3 is 12.1 Å². The molecule has 0 aliphatic heterocycles. The third-order valence-electron chi connectivity index (χ3n) is 2.01. The average molecular weight is 247 g/mol. The van der Waals surface area contributed by atoms with Gasteiger partial charge in [-0.1, -0.05) is 0 Å². The molecular weight excluding hydrogens is 239 g/mol. The van der Waals surface area contributed by atoms with E-state index in [1.165, 1.54) is 0 Å². The Labute approximate surface area is 94.2 Å². The van der Waals surface area contributed by atoms with Gasteiger partial charge in [0.05, 0.1) is 18.2 Å². The van der Waals surface area contributed by atoms with E-state index in [-0.39, 0.29) is 5.56 Å². The maximum Gasteiger partial charge on any atom is 0.417 e. The molecule has 0 heterocycles. The predicted octanol–water partition coefficient (Wildman–Crippen LogP) is 1.59. The van der Waals surface area contributed by atoms with E-state index >= 15 is 0 Å². The highest BCUT2D eigenvalue weighted by Crippen LogP contribution is 2.33. The highest BCUT2D eigenvalue weighted by Gasteiger charge is 2.36. The van der Waals surface area contributed by atoms with Gasteiger partial charge in [0.25, 0.3) is 0 Å². The van der Waals surface area contributed by atoms with Gasteiger partial charge in [0.1, 0.15) is 0 Å². The van der Waals surface area contributed by atoms with Crippen molar-refractivity contribution in [2.75, 3.05) is 7.11 Å². The number of benzene rings is 1. The van der Waals surface area contributed by atoms with Crippen molar-refractivity contribution in [2.45, 2.75) is 6.18 Å². The van der Waals surface area contributed by atoms with Gasteiger partial charge in [-0.25, -0.2) is 4.79 Å². The normalized spacial score (nSPS) is 11.1. The number of esters is 1. The first-order valence-corrected chi connectivity index (χ1v) is 4.36. The second-order valence-electron chi connectivity index (χ2n) is 3.11. The van der Waals surface area contributed by atoms with Gasteiger partial charge in [-0.15, -0.1) is 0 Å². The molecule has 0 saturated carbocycles. The molecule has 2 N–H and O–H groups in total. The summed E-state index contributed by atoms with van der Waals surface area (Å²) >= 11 is 0. The van der Waals surface area contributed by atoms with Gasteiger partial charge in [0.2, 0.25) is 5.91 Å². The SMILES string of the molecule is COC(=O)c1ccc(C(N)=O)cc1C(F)(F)F. The van der Waals surface area contributed by atoms with Crippen LogP contribution in [0.2, 0.25) is 0 Å². The summed E-state index contributed by atoms with van der Waals surface area (Å²) in [4.78, 5) is 21.9. The molecule has 0 aromatic heterocycles. The Morgan fingerprint density at radius 1 is 1.29 bits per heavy atom. The molecule has 4 nitrogen and oxygen atoms in total. The smallest absolute Gasteiger partial charge is 0.417 e. The molecule has 0 aliphatic rings. The fraction of sp³-hybridized carbons (Fsp3) is 0.200. The van der Waals surface area contributed by atoms with E-state index in [4.69, 9.17) is 5.73 Å². The van der Waals surface area contributed by atoms with E-state index in [0.29, 0.717) is 6.07 Å². The van der Waals surface area contributed by atoms with Gasteiger partial charge in [0.15, 0.2) is 0 Å². The molecule has 0 spiro atoms.